The average Bonchev–Trinajstić information content (AvgIpc) is 3.22. The Morgan fingerprint density at radius 2 is 1.52 bits per heavy atom. The number of carbonyl (C=O) groups is 3. The molecule has 31 heavy (non-hydrogen) atoms. The second kappa shape index (κ2) is 8.83. The van der Waals surface area contributed by atoms with Crippen LogP contribution >= 0.6 is 0 Å². The fourth-order valence-corrected chi connectivity index (χ4v) is 3.57. The van der Waals surface area contributed by atoms with Crippen LogP contribution in [0.15, 0.2) is 72.8 Å². The van der Waals surface area contributed by atoms with Gasteiger partial charge in [-0.3, -0.25) is 9.59 Å². The maximum absolute atomic E-state index is 12.5. The monoisotopic (exact) mass is 415 g/mol. The molecule has 1 amide bonds. The van der Waals surface area contributed by atoms with Crippen LogP contribution in [-0.2, 0) is 20.7 Å². The van der Waals surface area contributed by atoms with Crippen molar-refractivity contribution in [2.24, 2.45) is 0 Å². The fourth-order valence-electron chi connectivity index (χ4n) is 3.57. The quantitative estimate of drug-likeness (QED) is 0.465. The van der Waals surface area contributed by atoms with Crippen molar-refractivity contribution >= 4 is 23.5 Å². The Labute approximate surface area is 180 Å². The van der Waals surface area contributed by atoms with Gasteiger partial charge in [-0.25, -0.2) is 4.79 Å². The Kier molecular flexibility index (Phi) is 5.80. The SMILES string of the molecule is CC(=O)Oc1ccc(-c2ccc(C(=O)OCC(=O)N3CCc4ccccc43)cc2)cc1. The first-order valence-electron chi connectivity index (χ1n) is 9.95. The molecule has 0 unspecified atom stereocenters. The van der Waals surface area contributed by atoms with E-state index in [0.29, 0.717) is 17.9 Å². The van der Waals surface area contributed by atoms with E-state index in [4.69, 9.17) is 9.47 Å². The van der Waals surface area contributed by atoms with Gasteiger partial charge in [0.15, 0.2) is 6.61 Å². The summed E-state index contributed by atoms with van der Waals surface area (Å²) in [6, 6.07) is 21.7. The van der Waals surface area contributed by atoms with Crippen molar-refractivity contribution in [1.29, 1.82) is 0 Å². The number of nitrogens with zero attached hydrogens (tertiary/aromatic N) is 1. The molecule has 1 heterocycles. The first kappa shape index (κ1) is 20.3. The first-order chi connectivity index (χ1) is 15.0. The minimum absolute atomic E-state index is 0.234. The van der Waals surface area contributed by atoms with Gasteiger partial charge in [0.1, 0.15) is 5.75 Å². The highest BCUT2D eigenvalue weighted by Crippen LogP contribution is 2.27. The molecule has 3 aromatic carbocycles. The number of hydrogen-bond donors (Lipinski definition) is 0. The van der Waals surface area contributed by atoms with E-state index in [1.165, 1.54) is 6.92 Å². The summed E-state index contributed by atoms with van der Waals surface area (Å²) in [7, 11) is 0. The molecular formula is C25H21NO5. The summed E-state index contributed by atoms with van der Waals surface area (Å²) in [5.74, 6) is -0.676. The predicted octanol–water partition coefficient (Wildman–Crippen LogP) is 4.03. The Morgan fingerprint density at radius 3 is 2.19 bits per heavy atom. The standard InChI is InChI=1S/C25H21NO5/c1-17(27)31-22-12-10-19(11-13-22)18-6-8-21(9-7-18)25(29)30-16-24(28)26-15-14-20-4-2-3-5-23(20)26/h2-13H,14-16H2,1H3. The number of rotatable bonds is 5. The molecule has 0 saturated heterocycles. The zero-order chi connectivity index (χ0) is 21.8. The summed E-state index contributed by atoms with van der Waals surface area (Å²) >= 11 is 0. The minimum Gasteiger partial charge on any atom is -0.452 e. The molecule has 1 aliphatic rings. The lowest BCUT2D eigenvalue weighted by molar-refractivity contribution is -0.131. The topological polar surface area (TPSA) is 72.9 Å². The summed E-state index contributed by atoms with van der Waals surface area (Å²) < 4.78 is 10.3. The molecular weight excluding hydrogens is 394 g/mol. The highest BCUT2D eigenvalue weighted by molar-refractivity contribution is 5.98. The van der Waals surface area contributed by atoms with E-state index in [2.05, 4.69) is 0 Å². The van der Waals surface area contributed by atoms with Gasteiger partial charge in [-0.2, -0.15) is 0 Å². The number of benzene rings is 3. The summed E-state index contributed by atoms with van der Waals surface area (Å²) in [6.45, 7) is 1.65. The lowest BCUT2D eigenvalue weighted by Gasteiger charge is -2.17. The van der Waals surface area contributed by atoms with Crippen molar-refractivity contribution in [1.82, 2.24) is 0 Å². The van der Waals surface area contributed by atoms with Gasteiger partial charge < -0.3 is 14.4 Å². The van der Waals surface area contributed by atoms with Crippen molar-refractivity contribution in [2.75, 3.05) is 18.1 Å². The number of hydrogen-bond acceptors (Lipinski definition) is 5. The fraction of sp³-hybridized carbons (Fsp3) is 0.160. The molecule has 156 valence electrons. The lowest BCUT2D eigenvalue weighted by atomic mass is 10.0. The number of anilines is 1. The maximum atomic E-state index is 12.5. The molecule has 6 heteroatoms. The van der Waals surface area contributed by atoms with Crippen molar-refractivity contribution in [3.8, 4) is 16.9 Å². The van der Waals surface area contributed by atoms with Gasteiger partial charge in [-0.15, -0.1) is 0 Å². The van der Waals surface area contributed by atoms with Crippen LogP contribution in [0.4, 0.5) is 5.69 Å². The summed E-state index contributed by atoms with van der Waals surface area (Å²) in [4.78, 5) is 37.5. The molecule has 0 fully saturated rings. The molecule has 0 saturated carbocycles. The molecule has 0 spiro atoms. The number of fused-ring (bicyclic) bond motifs is 1. The number of esters is 2. The van der Waals surface area contributed by atoms with Crippen LogP contribution in [0.5, 0.6) is 5.75 Å². The molecule has 0 radical (unpaired) electrons. The third-order valence-corrected chi connectivity index (χ3v) is 5.08. The second-order valence-electron chi connectivity index (χ2n) is 7.20. The number of amides is 1. The van der Waals surface area contributed by atoms with E-state index in [1.54, 1.807) is 41.3 Å². The van der Waals surface area contributed by atoms with Crippen LogP contribution in [0.25, 0.3) is 11.1 Å². The zero-order valence-electron chi connectivity index (χ0n) is 17.0. The van der Waals surface area contributed by atoms with Crippen molar-refractivity contribution in [3.05, 3.63) is 83.9 Å². The molecule has 0 aliphatic carbocycles. The largest absolute Gasteiger partial charge is 0.452 e. The van der Waals surface area contributed by atoms with E-state index < -0.39 is 5.97 Å². The maximum Gasteiger partial charge on any atom is 0.338 e. The van der Waals surface area contributed by atoms with Gasteiger partial charge in [0.2, 0.25) is 0 Å². The molecule has 4 rings (SSSR count). The Hall–Kier alpha value is -3.93. The molecule has 0 N–H and O–H groups in total. The summed E-state index contributed by atoms with van der Waals surface area (Å²) in [5, 5.41) is 0. The van der Waals surface area contributed by atoms with Crippen LogP contribution in [0.1, 0.15) is 22.8 Å². The van der Waals surface area contributed by atoms with E-state index >= 15 is 0 Å². The lowest BCUT2D eigenvalue weighted by Crippen LogP contribution is -2.33. The van der Waals surface area contributed by atoms with Gasteiger partial charge >= 0.3 is 11.9 Å². The molecule has 1 aliphatic heterocycles. The van der Waals surface area contributed by atoms with Gasteiger partial charge in [0.25, 0.3) is 5.91 Å². The van der Waals surface area contributed by atoms with Crippen molar-refractivity contribution in [2.45, 2.75) is 13.3 Å². The number of para-hydroxylation sites is 1. The molecule has 0 bridgehead atoms. The van der Waals surface area contributed by atoms with Crippen LogP contribution in [0, 0.1) is 0 Å². The normalized spacial score (nSPS) is 12.2. The van der Waals surface area contributed by atoms with Crippen LogP contribution in [0.3, 0.4) is 0 Å². The molecule has 3 aromatic rings. The third kappa shape index (κ3) is 4.64. The number of carbonyl (C=O) groups excluding carboxylic acids is 3. The Morgan fingerprint density at radius 1 is 0.871 bits per heavy atom. The van der Waals surface area contributed by atoms with Gasteiger partial charge in [0, 0.05) is 19.2 Å². The van der Waals surface area contributed by atoms with Crippen LogP contribution < -0.4 is 9.64 Å². The molecule has 6 nitrogen and oxygen atoms in total. The molecule has 0 atom stereocenters. The van der Waals surface area contributed by atoms with Crippen LogP contribution in [0.2, 0.25) is 0 Å². The smallest absolute Gasteiger partial charge is 0.338 e. The highest BCUT2D eigenvalue weighted by Gasteiger charge is 2.25. The first-order valence-corrected chi connectivity index (χ1v) is 9.95. The average molecular weight is 415 g/mol. The highest BCUT2D eigenvalue weighted by atomic mass is 16.5. The van der Waals surface area contributed by atoms with Crippen molar-refractivity contribution < 1.29 is 23.9 Å². The van der Waals surface area contributed by atoms with Crippen molar-refractivity contribution in [3.63, 3.8) is 0 Å². The van der Waals surface area contributed by atoms with E-state index in [9.17, 15) is 14.4 Å². The Bertz CT molecular complexity index is 1120. The Balaban J connectivity index is 1.35. The van der Waals surface area contributed by atoms with Gasteiger partial charge in [0.05, 0.1) is 5.56 Å². The van der Waals surface area contributed by atoms with E-state index in [0.717, 1.165) is 28.8 Å². The minimum atomic E-state index is -0.544. The molecule has 0 aromatic heterocycles. The summed E-state index contributed by atoms with van der Waals surface area (Å²) in [6.07, 6.45) is 0.805. The van der Waals surface area contributed by atoms with E-state index in [1.807, 2.05) is 36.4 Å². The number of ether oxygens (including phenoxy) is 2. The van der Waals surface area contributed by atoms with Gasteiger partial charge in [-0.05, 0) is 53.4 Å². The predicted molar refractivity (Wildman–Crippen MR) is 116 cm³/mol. The third-order valence-electron chi connectivity index (χ3n) is 5.08. The van der Waals surface area contributed by atoms with E-state index in [-0.39, 0.29) is 18.5 Å². The summed E-state index contributed by atoms with van der Waals surface area (Å²) in [5.41, 5.74) is 4.19. The van der Waals surface area contributed by atoms with Crippen LogP contribution in [-0.4, -0.2) is 31.0 Å². The zero-order valence-corrected chi connectivity index (χ0v) is 17.0. The van der Waals surface area contributed by atoms with Gasteiger partial charge in [-0.1, -0.05) is 42.5 Å². The second-order valence-corrected chi connectivity index (χ2v) is 7.20.